The van der Waals surface area contributed by atoms with Crippen LogP contribution in [0, 0.1) is 6.08 Å². The highest BCUT2D eigenvalue weighted by atomic mass is 35.5. The molecule has 0 fully saturated rings. The number of nitrogens with one attached hydrogen (secondary N) is 1. The highest BCUT2D eigenvalue weighted by Gasteiger charge is 2.20. The Balaban J connectivity index is 1.79. The third-order valence-corrected chi connectivity index (χ3v) is 3.03. The summed E-state index contributed by atoms with van der Waals surface area (Å²) in [7, 11) is 0. The lowest BCUT2D eigenvalue weighted by molar-refractivity contribution is 0.517. The number of rotatable bonds is 2. The molecule has 0 spiro atoms. The zero-order chi connectivity index (χ0) is 12.4. The average Bonchev–Trinajstić information content (AvgIpc) is 2.39. The fourth-order valence-electron chi connectivity index (χ4n) is 1.93. The summed E-state index contributed by atoms with van der Waals surface area (Å²) >= 11 is 5.96. The minimum Gasteiger partial charge on any atom is -0.326 e. The first-order valence-corrected chi connectivity index (χ1v) is 6.17. The molecular formula is C15H12ClN2+. The summed E-state index contributed by atoms with van der Waals surface area (Å²) in [6.07, 6.45) is 13.6. The van der Waals surface area contributed by atoms with Gasteiger partial charge in [0.15, 0.2) is 0 Å². The highest BCUT2D eigenvalue weighted by Crippen LogP contribution is 2.21. The molecule has 18 heavy (non-hydrogen) atoms. The van der Waals surface area contributed by atoms with Crippen LogP contribution in [0.4, 0.5) is 5.69 Å². The Hall–Kier alpha value is -2.02. The minimum absolute atomic E-state index is 0.728. The second-order valence-corrected chi connectivity index (χ2v) is 4.55. The molecule has 88 valence electrons. The number of halogens is 1. The van der Waals surface area contributed by atoms with Gasteiger partial charge in [0.2, 0.25) is 11.4 Å². The van der Waals surface area contributed by atoms with E-state index in [-0.39, 0.29) is 0 Å². The SMILES string of the molecule is Clc1cccc(NC2=CCN3C=CC=CC3=[C+]2)c1. The normalized spacial score (nSPS) is 16.6. The lowest BCUT2D eigenvalue weighted by atomic mass is 10.1. The minimum atomic E-state index is 0.728. The van der Waals surface area contributed by atoms with Crippen LogP contribution < -0.4 is 5.32 Å². The number of hydrogen-bond donors (Lipinski definition) is 1. The Labute approximate surface area is 112 Å². The molecule has 1 aromatic rings. The first-order valence-electron chi connectivity index (χ1n) is 5.79. The van der Waals surface area contributed by atoms with Gasteiger partial charge in [-0.15, -0.1) is 0 Å². The number of anilines is 1. The lowest BCUT2D eigenvalue weighted by Gasteiger charge is -2.19. The van der Waals surface area contributed by atoms with E-state index in [4.69, 9.17) is 11.6 Å². The van der Waals surface area contributed by atoms with Crippen LogP contribution in [0.2, 0.25) is 5.02 Å². The first kappa shape index (κ1) is 11.1. The van der Waals surface area contributed by atoms with Crippen LogP contribution in [0.25, 0.3) is 0 Å². The van der Waals surface area contributed by atoms with Gasteiger partial charge in [-0.25, -0.2) is 0 Å². The van der Waals surface area contributed by atoms with Crippen LogP contribution in [-0.2, 0) is 0 Å². The third-order valence-electron chi connectivity index (χ3n) is 2.80. The van der Waals surface area contributed by atoms with E-state index in [9.17, 15) is 0 Å². The maximum Gasteiger partial charge on any atom is 0.211 e. The predicted octanol–water partition coefficient (Wildman–Crippen LogP) is 3.72. The smallest absolute Gasteiger partial charge is 0.211 e. The van der Waals surface area contributed by atoms with Crippen molar-refractivity contribution in [3.8, 4) is 0 Å². The van der Waals surface area contributed by atoms with E-state index in [2.05, 4.69) is 28.6 Å². The molecule has 2 aliphatic heterocycles. The summed E-state index contributed by atoms with van der Waals surface area (Å²) in [5, 5.41) is 4.04. The van der Waals surface area contributed by atoms with Gasteiger partial charge in [0.1, 0.15) is 0 Å². The maximum atomic E-state index is 5.96. The molecular weight excluding hydrogens is 244 g/mol. The quantitative estimate of drug-likeness (QED) is 0.811. The zero-order valence-electron chi connectivity index (χ0n) is 9.73. The molecule has 2 aliphatic rings. The summed E-state index contributed by atoms with van der Waals surface area (Å²) in [5.41, 5.74) is 3.03. The van der Waals surface area contributed by atoms with Gasteiger partial charge in [0, 0.05) is 16.9 Å². The van der Waals surface area contributed by atoms with Crippen molar-refractivity contribution < 1.29 is 0 Å². The Morgan fingerprint density at radius 3 is 3.11 bits per heavy atom. The van der Waals surface area contributed by atoms with Gasteiger partial charge in [-0.1, -0.05) is 17.7 Å². The second kappa shape index (κ2) is 4.69. The van der Waals surface area contributed by atoms with E-state index in [1.807, 2.05) is 42.5 Å². The molecule has 2 nitrogen and oxygen atoms in total. The molecule has 1 aromatic carbocycles. The summed E-state index contributed by atoms with van der Waals surface area (Å²) < 4.78 is 0. The number of hydrogen-bond acceptors (Lipinski definition) is 2. The van der Waals surface area contributed by atoms with Crippen LogP contribution in [-0.4, -0.2) is 11.4 Å². The fourth-order valence-corrected chi connectivity index (χ4v) is 2.12. The summed E-state index contributed by atoms with van der Waals surface area (Å²) in [6, 6.07) is 7.68. The van der Waals surface area contributed by atoms with Crippen molar-refractivity contribution >= 4 is 17.3 Å². The van der Waals surface area contributed by atoms with Crippen LogP contribution in [0.15, 0.2) is 66.2 Å². The fraction of sp³-hybridized carbons (Fsp3) is 0.0667. The van der Waals surface area contributed by atoms with E-state index in [1.165, 1.54) is 0 Å². The summed E-state index contributed by atoms with van der Waals surface area (Å²) in [4.78, 5) is 2.14. The van der Waals surface area contributed by atoms with Crippen LogP contribution >= 0.6 is 11.6 Å². The molecule has 0 radical (unpaired) electrons. The van der Waals surface area contributed by atoms with Crippen molar-refractivity contribution in [3.63, 3.8) is 0 Å². The molecule has 0 saturated heterocycles. The van der Waals surface area contributed by atoms with Crippen molar-refractivity contribution in [3.05, 3.63) is 77.3 Å². The summed E-state index contributed by atoms with van der Waals surface area (Å²) in [6.45, 7) is 0.853. The predicted molar refractivity (Wildman–Crippen MR) is 74.9 cm³/mol. The topological polar surface area (TPSA) is 15.3 Å². The molecule has 0 amide bonds. The Morgan fingerprint density at radius 1 is 1.28 bits per heavy atom. The van der Waals surface area contributed by atoms with Gasteiger partial charge in [-0.05, 0) is 30.4 Å². The molecule has 0 saturated carbocycles. The van der Waals surface area contributed by atoms with Crippen LogP contribution in [0.3, 0.4) is 0 Å². The number of fused-ring (bicyclic) bond motifs is 1. The number of allylic oxidation sites excluding steroid dienone is 4. The molecule has 2 heterocycles. The van der Waals surface area contributed by atoms with Gasteiger partial charge < -0.3 is 10.2 Å². The third kappa shape index (κ3) is 2.30. The number of benzene rings is 1. The van der Waals surface area contributed by atoms with E-state index >= 15 is 0 Å². The first-order chi connectivity index (χ1) is 8.81. The summed E-state index contributed by atoms with van der Waals surface area (Å²) in [5.74, 6) is 0. The Bertz CT molecular complexity index is 582. The van der Waals surface area contributed by atoms with Crippen molar-refractivity contribution in [2.45, 2.75) is 0 Å². The number of nitrogens with zero attached hydrogens (tertiary/aromatic N) is 1. The molecule has 3 rings (SSSR count). The Morgan fingerprint density at radius 2 is 2.22 bits per heavy atom. The maximum absolute atomic E-state index is 5.96. The highest BCUT2D eigenvalue weighted by molar-refractivity contribution is 6.30. The Kier molecular flexibility index (Phi) is 2.89. The van der Waals surface area contributed by atoms with E-state index in [0.29, 0.717) is 0 Å². The van der Waals surface area contributed by atoms with Crippen molar-refractivity contribution in [1.82, 2.24) is 4.90 Å². The standard InChI is InChI=1S/C15H12ClN2/c16-12-4-3-5-13(10-12)17-14-7-9-18-8-2-1-6-15(18)11-14/h1-8,10,17H,9H2/q+1. The zero-order valence-corrected chi connectivity index (χ0v) is 10.5. The second-order valence-electron chi connectivity index (χ2n) is 4.12. The van der Waals surface area contributed by atoms with Gasteiger partial charge in [0.05, 0.1) is 24.8 Å². The van der Waals surface area contributed by atoms with E-state index in [1.54, 1.807) is 0 Å². The molecule has 1 N–H and O–H groups in total. The van der Waals surface area contributed by atoms with E-state index < -0.39 is 0 Å². The van der Waals surface area contributed by atoms with Crippen LogP contribution in [0.5, 0.6) is 0 Å². The van der Waals surface area contributed by atoms with Gasteiger partial charge >= 0.3 is 0 Å². The van der Waals surface area contributed by atoms with Crippen molar-refractivity contribution in [2.75, 3.05) is 11.9 Å². The van der Waals surface area contributed by atoms with Crippen LogP contribution in [0.1, 0.15) is 0 Å². The molecule has 0 unspecified atom stereocenters. The van der Waals surface area contributed by atoms with Gasteiger partial charge in [0.25, 0.3) is 0 Å². The molecule has 0 atom stereocenters. The van der Waals surface area contributed by atoms with Gasteiger partial charge in [-0.2, -0.15) is 0 Å². The lowest BCUT2D eigenvalue weighted by Crippen LogP contribution is -2.22. The van der Waals surface area contributed by atoms with Crippen molar-refractivity contribution in [1.29, 1.82) is 0 Å². The monoisotopic (exact) mass is 255 g/mol. The molecule has 0 bridgehead atoms. The molecule has 0 aromatic heterocycles. The largest absolute Gasteiger partial charge is 0.326 e. The molecule has 3 heteroatoms. The van der Waals surface area contributed by atoms with Crippen molar-refractivity contribution in [2.24, 2.45) is 0 Å². The van der Waals surface area contributed by atoms with Gasteiger partial charge in [-0.3, -0.25) is 0 Å². The average molecular weight is 256 g/mol. The molecule has 0 aliphatic carbocycles. The van der Waals surface area contributed by atoms with E-state index in [0.717, 1.165) is 28.6 Å².